The van der Waals surface area contributed by atoms with Crippen LogP contribution in [0.15, 0.2) is 60.7 Å². The van der Waals surface area contributed by atoms with Crippen LogP contribution in [0.1, 0.15) is 5.69 Å². The summed E-state index contributed by atoms with van der Waals surface area (Å²) in [5.41, 5.74) is -0.0585. The zero-order valence-electron chi connectivity index (χ0n) is 11.2. The Hall–Kier alpha value is -2.76. The number of nitrogens with zero attached hydrogens (tertiary/aromatic N) is 2. The van der Waals surface area contributed by atoms with E-state index in [-0.39, 0.29) is 17.0 Å². The highest BCUT2D eigenvalue weighted by atomic mass is 19.4. The van der Waals surface area contributed by atoms with Crippen LogP contribution in [0.5, 0.6) is 5.75 Å². The average Bonchev–Trinajstić information content (AvgIpc) is 2.94. The molecular formula is C16H11F3N2O. The molecule has 3 nitrogen and oxygen atoms in total. The summed E-state index contributed by atoms with van der Waals surface area (Å²) in [6.07, 6.45) is -4.56. The van der Waals surface area contributed by atoms with Crippen LogP contribution in [0.4, 0.5) is 13.2 Å². The van der Waals surface area contributed by atoms with Gasteiger partial charge in [-0.25, -0.2) is 4.68 Å². The molecule has 1 aromatic heterocycles. The molecule has 0 aliphatic heterocycles. The van der Waals surface area contributed by atoms with Crippen molar-refractivity contribution in [2.24, 2.45) is 0 Å². The number of aromatic hydroxyl groups is 1. The van der Waals surface area contributed by atoms with E-state index in [4.69, 9.17) is 0 Å². The van der Waals surface area contributed by atoms with E-state index >= 15 is 0 Å². The third kappa shape index (κ3) is 2.55. The maximum atomic E-state index is 13.0. The Labute approximate surface area is 124 Å². The molecule has 22 heavy (non-hydrogen) atoms. The minimum absolute atomic E-state index is 0.103. The standard InChI is InChI=1S/C16H11F3N2O/c17-16(18,19)15-10-13(12-8-4-5-9-14(12)22)21(20-15)11-6-2-1-3-7-11/h1-10,22H. The van der Waals surface area contributed by atoms with Crippen molar-refractivity contribution in [2.45, 2.75) is 6.18 Å². The molecule has 112 valence electrons. The Kier molecular flexibility index (Phi) is 3.36. The van der Waals surface area contributed by atoms with E-state index in [1.165, 1.54) is 10.7 Å². The number of para-hydroxylation sites is 2. The molecule has 6 heteroatoms. The Morgan fingerprint density at radius 2 is 1.55 bits per heavy atom. The number of phenols is 1. The maximum Gasteiger partial charge on any atom is 0.435 e. The monoisotopic (exact) mass is 304 g/mol. The van der Waals surface area contributed by atoms with Crippen LogP contribution in [0.2, 0.25) is 0 Å². The number of aromatic nitrogens is 2. The molecule has 2 aromatic carbocycles. The van der Waals surface area contributed by atoms with Crippen molar-refractivity contribution in [3.8, 4) is 22.7 Å². The number of alkyl halides is 3. The van der Waals surface area contributed by atoms with Crippen molar-refractivity contribution in [3.05, 3.63) is 66.4 Å². The first-order chi connectivity index (χ1) is 10.5. The van der Waals surface area contributed by atoms with Gasteiger partial charge >= 0.3 is 6.18 Å². The molecule has 0 aliphatic rings. The zero-order chi connectivity index (χ0) is 15.7. The van der Waals surface area contributed by atoms with E-state index < -0.39 is 11.9 Å². The molecule has 3 rings (SSSR count). The smallest absolute Gasteiger partial charge is 0.435 e. The van der Waals surface area contributed by atoms with Crippen LogP contribution in [0.3, 0.4) is 0 Å². The van der Waals surface area contributed by atoms with Gasteiger partial charge in [0.2, 0.25) is 0 Å². The molecule has 0 amide bonds. The minimum Gasteiger partial charge on any atom is -0.507 e. The summed E-state index contributed by atoms with van der Waals surface area (Å²) in [6.45, 7) is 0. The third-order valence-electron chi connectivity index (χ3n) is 3.18. The topological polar surface area (TPSA) is 38.1 Å². The molecule has 0 saturated heterocycles. The van der Waals surface area contributed by atoms with E-state index in [9.17, 15) is 18.3 Å². The molecule has 1 heterocycles. The Morgan fingerprint density at radius 1 is 0.909 bits per heavy atom. The molecular weight excluding hydrogens is 293 g/mol. The number of phenolic OH excluding ortho intramolecular Hbond substituents is 1. The Bertz CT molecular complexity index is 795. The number of hydrogen-bond acceptors (Lipinski definition) is 2. The summed E-state index contributed by atoms with van der Waals surface area (Å²) < 4.78 is 40.1. The molecule has 0 bridgehead atoms. The van der Waals surface area contributed by atoms with Crippen LogP contribution in [0.25, 0.3) is 16.9 Å². The van der Waals surface area contributed by atoms with E-state index in [2.05, 4.69) is 5.10 Å². The lowest BCUT2D eigenvalue weighted by Gasteiger charge is -2.08. The van der Waals surface area contributed by atoms with Gasteiger partial charge in [0, 0.05) is 5.56 Å². The van der Waals surface area contributed by atoms with Crippen LogP contribution in [0, 0.1) is 0 Å². The van der Waals surface area contributed by atoms with Gasteiger partial charge in [-0.15, -0.1) is 0 Å². The van der Waals surface area contributed by atoms with Gasteiger partial charge in [0.1, 0.15) is 5.75 Å². The SMILES string of the molecule is Oc1ccccc1-c1cc(C(F)(F)F)nn1-c1ccccc1. The summed E-state index contributed by atoms with van der Waals surface area (Å²) in [7, 11) is 0. The second-order valence-corrected chi connectivity index (χ2v) is 4.68. The highest BCUT2D eigenvalue weighted by Crippen LogP contribution is 2.35. The third-order valence-corrected chi connectivity index (χ3v) is 3.18. The van der Waals surface area contributed by atoms with Crippen LogP contribution in [-0.2, 0) is 6.18 Å². The molecule has 0 atom stereocenters. The van der Waals surface area contributed by atoms with Gasteiger partial charge in [-0.1, -0.05) is 30.3 Å². The second kappa shape index (κ2) is 5.22. The van der Waals surface area contributed by atoms with Gasteiger partial charge in [0.25, 0.3) is 0 Å². The first-order valence-electron chi connectivity index (χ1n) is 6.48. The van der Waals surface area contributed by atoms with Crippen LogP contribution in [-0.4, -0.2) is 14.9 Å². The summed E-state index contributed by atoms with van der Waals surface area (Å²) in [6, 6.07) is 15.6. The zero-order valence-corrected chi connectivity index (χ0v) is 11.2. The van der Waals surface area contributed by atoms with Crippen molar-refractivity contribution in [2.75, 3.05) is 0 Å². The molecule has 0 fully saturated rings. The van der Waals surface area contributed by atoms with Gasteiger partial charge in [-0.05, 0) is 30.3 Å². The van der Waals surface area contributed by atoms with Crippen molar-refractivity contribution in [1.82, 2.24) is 9.78 Å². The Balaban J connectivity index is 2.25. The van der Waals surface area contributed by atoms with Gasteiger partial charge in [-0.2, -0.15) is 18.3 Å². The fraction of sp³-hybridized carbons (Fsp3) is 0.0625. The summed E-state index contributed by atoms with van der Waals surface area (Å²) in [4.78, 5) is 0. The lowest BCUT2D eigenvalue weighted by atomic mass is 10.1. The summed E-state index contributed by atoms with van der Waals surface area (Å²) in [5, 5.41) is 13.6. The molecule has 1 N–H and O–H groups in total. The van der Waals surface area contributed by atoms with Gasteiger partial charge in [0.05, 0.1) is 11.4 Å². The van der Waals surface area contributed by atoms with Gasteiger partial charge < -0.3 is 5.11 Å². The molecule has 0 aliphatic carbocycles. The highest BCUT2D eigenvalue weighted by Gasteiger charge is 2.35. The van der Waals surface area contributed by atoms with Crippen molar-refractivity contribution in [1.29, 1.82) is 0 Å². The Morgan fingerprint density at radius 3 is 2.18 bits per heavy atom. The largest absolute Gasteiger partial charge is 0.507 e. The molecule has 0 spiro atoms. The van der Waals surface area contributed by atoms with E-state index in [1.54, 1.807) is 48.5 Å². The fourth-order valence-corrected chi connectivity index (χ4v) is 2.17. The van der Waals surface area contributed by atoms with E-state index in [0.717, 1.165) is 6.07 Å². The first kappa shape index (κ1) is 14.2. The number of rotatable bonds is 2. The number of halogens is 3. The fourth-order valence-electron chi connectivity index (χ4n) is 2.17. The summed E-state index contributed by atoms with van der Waals surface area (Å²) in [5.74, 6) is -0.103. The second-order valence-electron chi connectivity index (χ2n) is 4.68. The molecule has 0 unspecified atom stereocenters. The molecule has 3 aromatic rings. The van der Waals surface area contributed by atoms with Crippen LogP contribution >= 0.6 is 0 Å². The first-order valence-corrected chi connectivity index (χ1v) is 6.48. The highest BCUT2D eigenvalue weighted by molar-refractivity contribution is 5.69. The van der Waals surface area contributed by atoms with Gasteiger partial charge in [-0.3, -0.25) is 0 Å². The van der Waals surface area contributed by atoms with Gasteiger partial charge in [0.15, 0.2) is 5.69 Å². The average molecular weight is 304 g/mol. The lowest BCUT2D eigenvalue weighted by molar-refractivity contribution is -0.141. The van der Waals surface area contributed by atoms with Crippen molar-refractivity contribution < 1.29 is 18.3 Å². The molecule has 0 saturated carbocycles. The van der Waals surface area contributed by atoms with Crippen LogP contribution < -0.4 is 0 Å². The lowest BCUT2D eigenvalue weighted by Crippen LogP contribution is -2.07. The number of benzene rings is 2. The van der Waals surface area contributed by atoms with E-state index in [0.29, 0.717) is 5.69 Å². The van der Waals surface area contributed by atoms with E-state index in [1.807, 2.05) is 0 Å². The predicted octanol–water partition coefficient (Wildman–Crippen LogP) is 4.26. The van der Waals surface area contributed by atoms with Crippen molar-refractivity contribution in [3.63, 3.8) is 0 Å². The number of hydrogen-bond donors (Lipinski definition) is 1. The normalized spacial score (nSPS) is 11.6. The minimum atomic E-state index is -4.56. The van der Waals surface area contributed by atoms with Crippen molar-refractivity contribution >= 4 is 0 Å². The predicted molar refractivity (Wildman–Crippen MR) is 75.7 cm³/mol. The maximum absolute atomic E-state index is 13.0. The molecule has 0 radical (unpaired) electrons. The quantitative estimate of drug-likeness (QED) is 0.768. The summed E-state index contributed by atoms with van der Waals surface area (Å²) >= 11 is 0.